The van der Waals surface area contributed by atoms with Gasteiger partial charge in [-0.1, -0.05) is 0 Å². The monoisotopic (exact) mass is 212 g/mol. The van der Waals surface area contributed by atoms with Crippen LogP contribution < -0.4 is 5.73 Å². The zero-order valence-corrected chi connectivity index (χ0v) is 9.33. The van der Waals surface area contributed by atoms with E-state index in [1.165, 1.54) is 0 Å². The number of nitrogens with two attached hydrogens (primary N) is 1. The van der Waals surface area contributed by atoms with Crippen LogP contribution in [0, 0.1) is 5.41 Å². The summed E-state index contributed by atoms with van der Waals surface area (Å²) in [4.78, 5) is 14.0. The number of carbonyl (C=O) groups is 1. The van der Waals surface area contributed by atoms with Gasteiger partial charge in [-0.15, -0.1) is 0 Å². The molecule has 1 amide bonds. The van der Waals surface area contributed by atoms with E-state index >= 15 is 0 Å². The van der Waals surface area contributed by atoms with E-state index in [-0.39, 0.29) is 11.3 Å². The minimum absolute atomic E-state index is 0.209. The molecule has 1 saturated heterocycles. The normalized spacial score (nSPS) is 27.5. The Balaban J connectivity index is 1.94. The molecule has 0 aromatic rings. The molecule has 1 aliphatic heterocycles. The lowest BCUT2D eigenvalue weighted by Gasteiger charge is -2.37. The van der Waals surface area contributed by atoms with Crippen LogP contribution in [0.25, 0.3) is 0 Å². The van der Waals surface area contributed by atoms with Crippen molar-refractivity contribution in [2.75, 3.05) is 19.6 Å². The summed E-state index contributed by atoms with van der Waals surface area (Å²) >= 11 is 0. The molecule has 1 saturated carbocycles. The molecule has 3 N–H and O–H groups in total. The van der Waals surface area contributed by atoms with Crippen LogP contribution in [0.2, 0.25) is 0 Å². The molecule has 2 fully saturated rings. The van der Waals surface area contributed by atoms with Gasteiger partial charge in [0, 0.05) is 19.6 Å². The highest BCUT2D eigenvalue weighted by Gasteiger charge is 2.51. The molecule has 1 heterocycles. The largest absolute Gasteiger partial charge is 0.390 e. The zero-order valence-electron chi connectivity index (χ0n) is 9.33. The maximum atomic E-state index is 12.1. The van der Waals surface area contributed by atoms with Gasteiger partial charge < -0.3 is 15.7 Å². The van der Waals surface area contributed by atoms with Crippen LogP contribution in [0.15, 0.2) is 0 Å². The topological polar surface area (TPSA) is 66.6 Å². The number of amides is 1. The van der Waals surface area contributed by atoms with Crippen molar-refractivity contribution >= 4 is 5.91 Å². The van der Waals surface area contributed by atoms with Crippen molar-refractivity contribution in [3.05, 3.63) is 0 Å². The van der Waals surface area contributed by atoms with Gasteiger partial charge in [0.2, 0.25) is 5.91 Å². The van der Waals surface area contributed by atoms with E-state index in [2.05, 4.69) is 0 Å². The SMILES string of the molecule is CC1(O)CCN(C(=O)C2(CN)CC2)CC1. The molecule has 2 rings (SSSR count). The van der Waals surface area contributed by atoms with Gasteiger partial charge in [-0.05, 0) is 32.6 Å². The Morgan fingerprint density at radius 1 is 1.33 bits per heavy atom. The fraction of sp³-hybridized carbons (Fsp3) is 0.909. The highest BCUT2D eigenvalue weighted by Crippen LogP contribution is 2.46. The molecule has 0 aromatic carbocycles. The van der Waals surface area contributed by atoms with Crippen LogP contribution in [0.5, 0.6) is 0 Å². The molecule has 0 aromatic heterocycles. The number of rotatable bonds is 2. The molecule has 4 heteroatoms. The first-order valence-corrected chi connectivity index (χ1v) is 5.71. The van der Waals surface area contributed by atoms with E-state index in [4.69, 9.17) is 5.73 Å². The number of carbonyl (C=O) groups excluding carboxylic acids is 1. The van der Waals surface area contributed by atoms with E-state index in [0.717, 1.165) is 12.8 Å². The van der Waals surface area contributed by atoms with Crippen LogP contribution in [0.3, 0.4) is 0 Å². The van der Waals surface area contributed by atoms with Gasteiger partial charge in [-0.25, -0.2) is 0 Å². The van der Waals surface area contributed by atoms with Crippen LogP contribution in [0.4, 0.5) is 0 Å². The fourth-order valence-electron chi connectivity index (χ4n) is 2.18. The third kappa shape index (κ3) is 2.01. The Kier molecular flexibility index (Phi) is 2.51. The molecule has 2 aliphatic rings. The van der Waals surface area contributed by atoms with Crippen LogP contribution >= 0.6 is 0 Å². The minimum atomic E-state index is -0.587. The predicted octanol–water partition coefficient (Wildman–Crippen LogP) is 0.0987. The van der Waals surface area contributed by atoms with E-state index in [9.17, 15) is 9.90 Å². The summed E-state index contributed by atoms with van der Waals surface area (Å²) in [5.74, 6) is 0.209. The summed E-state index contributed by atoms with van der Waals surface area (Å²) in [7, 11) is 0. The number of piperidine rings is 1. The summed E-state index contributed by atoms with van der Waals surface area (Å²) in [6, 6.07) is 0. The number of nitrogens with zero attached hydrogens (tertiary/aromatic N) is 1. The predicted molar refractivity (Wildman–Crippen MR) is 57.2 cm³/mol. The van der Waals surface area contributed by atoms with Gasteiger partial charge in [-0.2, -0.15) is 0 Å². The zero-order chi connectivity index (χ0) is 11.1. The van der Waals surface area contributed by atoms with E-state index < -0.39 is 5.60 Å². The van der Waals surface area contributed by atoms with Gasteiger partial charge in [-0.3, -0.25) is 4.79 Å². The second-order valence-corrected chi connectivity index (χ2v) is 5.27. The number of aliphatic hydroxyl groups is 1. The Labute approximate surface area is 90.4 Å². The second-order valence-electron chi connectivity index (χ2n) is 5.27. The molecular weight excluding hydrogens is 192 g/mol. The Bertz CT molecular complexity index is 262. The number of hydrogen-bond donors (Lipinski definition) is 2. The van der Waals surface area contributed by atoms with Crippen molar-refractivity contribution < 1.29 is 9.90 Å². The lowest BCUT2D eigenvalue weighted by Crippen LogP contribution is -2.48. The van der Waals surface area contributed by atoms with Gasteiger partial charge in [0.05, 0.1) is 11.0 Å². The standard InChI is InChI=1S/C11H20N2O2/c1-10(15)4-6-13(7-5-10)9(14)11(8-12)2-3-11/h15H,2-8,12H2,1H3. The van der Waals surface area contributed by atoms with Crippen LogP contribution in [0.1, 0.15) is 32.6 Å². The summed E-state index contributed by atoms with van der Waals surface area (Å²) in [6.45, 7) is 3.66. The summed E-state index contributed by atoms with van der Waals surface area (Å²) < 4.78 is 0. The average Bonchev–Trinajstić information content (AvgIpc) is 2.97. The van der Waals surface area contributed by atoms with Gasteiger partial charge in [0.1, 0.15) is 0 Å². The van der Waals surface area contributed by atoms with E-state index in [1.54, 1.807) is 0 Å². The molecular formula is C11H20N2O2. The van der Waals surface area contributed by atoms with E-state index in [0.29, 0.717) is 32.5 Å². The third-order valence-electron chi connectivity index (χ3n) is 3.83. The minimum Gasteiger partial charge on any atom is -0.390 e. The molecule has 4 nitrogen and oxygen atoms in total. The highest BCUT2D eigenvalue weighted by molar-refractivity contribution is 5.85. The molecule has 1 aliphatic carbocycles. The van der Waals surface area contributed by atoms with Gasteiger partial charge in [0.15, 0.2) is 0 Å². The summed E-state index contributed by atoms with van der Waals surface area (Å²) in [6.07, 6.45) is 3.24. The van der Waals surface area contributed by atoms with Crippen molar-refractivity contribution in [2.45, 2.75) is 38.2 Å². The van der Waals surface area contributed by atoms with Crippen molar-refractivity contribution in [1.82, 2.24) is 4.90 Å². The highest BCUT2D eigenvalue weighted by atomic mass is 16.3. The molecule has 0 radical (unpaired) electrons. The Morgan fingerprint density at radius 3 is 2.27 bits per heavy atom. The van der Waals surface area contributed by atoms with Crippen molar-refractivity contribution in [3.8, 4) is 0 Å². The first kappa shape index (κ1) is 10.9. The Hall–Kier alpha value is -0.610. The van der Waals surface area contributed by atoms with Crippen molar-refractivity contribution in [3.63, 3.8) is 0 Å². The number of hydrogen-bond acceptors (Lipinski definition) is 3. The molecule has 0 bridgehead atoms. The quantitative estimate of drug-likeness (QED) is 0.682. The molecule has 15 heavy (non-hydrogen) atoms. The lowest BCUT2D eigenvalue weighted by molar-refractivity contribution is -0.140. The number of likely N-dealkylation sites (tertiary alicyclic amines) is 1. The summed E-state index contributed by atoms with van der Waals surface area (Å²) in [5.41, 5.74) is 4.81. The molecule has 0 spiro atoms. The first-order valence-electron chi connectivity index (χ1n) is 5.71. The third-order valence-corrected chi connectivity index (χ3v) is 3.83. The van der Waals surface area contributed by atoms with Crippen molar-refractivity contribution in [2.24, 2.45) is 11.1 Å². The Morgan fingerprint density at radius 2 is 1.87 bits per heavy atom. The van der Waals surface area contributed by atoms with Crippen LogP contribution in [-0.4, -0.2) is 41.1 Å². The average molecular weight is 212 g/mol. The maximum Gasteiger partial charge on any atom is 0.230 e. The molecule has 0 atom stereocenters. The maximum absolute atomic E-state index is 12.1. The smallest absolute Gasteiger partial charge is 0.230 e. The second kappa shape index (κ2) is 3.46. The molecule has 86 valence electrons. The fourth-order valence-corrected chi connectivity index (χ4v) is 2.18. The first-order chi connectivity index (χ1) is 6.99. The lowest BCUT2D eigenvalue weighted by atomic mass is 9.92. The van der Waals surface area contributed by atoms with E-state index in [1.807, 2.05) is 11.8 Å². The molecule has 0 unspecified atom stereocenters. The van der Waals surface area contributed by atoms with Crippen LogP contribution in [-0.2, 0) is 4.79 Å². The van der Waals surface area contributed by atoms with Gasteiger partial charge >= 0.3 is 0 Å². The summed E-state index contributed by atoms with van der Waals surface area (Å²) in [5, 5.41) is 9.79. The van der Waals surface area contributed by atoms with Crippen molar-refractivity contribution in [1.29, 1.82) is 0 Å². The van der Waals surface area contributed by atoms with Gasteiger partial charge in [0.25, 0.3) is 0 Å².